The second-order valence-corrected chi connectivity index (χ2v) is 4.76. The van der Waals surface area contributed by atoms with E-state index in [9.17, 15) is 0 Å². The summed E-state index contributed by atoms with van der Waals surface area (Å²) >= 11 is 0. The quantitative estimate of drug-likeness (QED) is 0.817. The van der Waals surface area contributed by atoms with Gasteiger partial charge in [-0.25, -0.2) is 4.98 Å². The van der Waals surface area contributed by atoms with E-state index in [1.165, 1.54) is 24.9 Å². The lowest BCUT2D eigenvalue weighted by Gasteiger charge is -2.23. The summed E-state index contributed by atoms with van der Waals surface area (Å²) in [6.07, 6.45) is 2.62. The number of hydrogen-bond acceptors (Lipinski definition) is 3. The maximum absolute atomic E-state index is 4.49. The van der Waals surface area contributed by atoms with E-state index < -0.39 is 0 Å². The van der Waals surface area contributed by atoms with Crippen LogP contribution in [0, 0.1) is 19.8 Å². The van der Waals surface area contributed by atoms with Crippen LogP contribution in [0.5, 0.6) is 0 Å². The summed E-state index contributed by atoms with van der Waals surface area (Å²) in [6, 6.07) is 4.22. The van der Waals surface area contributed by atoms with Crippen molar-refractivity contribution < 1.29 is 0 Å². The van der Waals surface area contributed by atoms with E-state index in [0.29, 0.717) is 0 Å². The van der Waals surface area contributed by atoms with Crippen LogP contribution in [0.15, 0.2) is 12.1 Å². The first-order valence-corrected chi connectivity index (χ1v) is 6.14. The molecule has 1 unspecified atom stereocenters. The summed E-state index contributed by atoms with van der Waals surface area (Å²) in [6.45, 7) is 7.50. The summed E-state index contributed by atoms with van der Waals surface area (Å²) in [4.78, 5) is 4.49. The molecule has 1 aliphatic heterocycles. The van der Waals surface area contributed by atoms with E-state index in [-0.39, 0.29) is 0 Å². The topological polar surface area (TPSA) is 37.0 Å². The van der Waals surface area contributed by atoms with Crippen molar-refractivity contribution in [3.63, 3.8) is 0 Å². The number of anilines is 1. The average molecular weight is 219 g/mol. The van der Waals surface area contributed by atoms with Gasteiger partial charge in [-0.15, -0.1) is 0 Å². The van der Waals surface area contributed by atoms with E-state index in [1.54, 1.807) is 0 Å². The van der Waals surface area contributed by atoms with Crippen LogP contribution in [-0.2, 0) is 0 Å². The van der Waals surface area contributed by atoms with Gasteiger partial charge < -0.3 is 10.6 Å². The van der Waals surface area contributed by atoms with Crippen molar-refractivity contribution in [1.82, 2.24) is 10.3 Å². The van der Waals surface area contributed by atoms with Crippen LogP contribution in [0.4, 0.5) is 5.82 Å². The Balaban J connectivity index is 1.88. The standard InChI is InChI=1S/C13H21N3/c1-10-6-11(2)16-13(7-10)15-9-12-4-3-5-14-8-12/h6-7,12,14H,3-5,8-9H2,1-2H3,(H,15,16). The predicted octanol–water partition coefficient (Wildman–Crippen LogP) is 2.11. The van der Waals surface area contributed by atoms with E-state index in [0.717, 1.165) is 30.5 Å². The fourth-order valence-corrected chi connectivity index (χ4v) is 2.28. The zero-order valence-corrected chi connectivity index (χ0v) is 10.2. The minimum atomic E-state index is 0.747. The van der Waals surface area contributed by atoms with Crippen LogP contribution in [0.25, 0.3) is 0 Å². The van der Waals surface area contributed by atoms with Crippen molar-refractivity contribution in [2.24, 2.45) is 5.92 Å². The highest BCUT2D eigenvalue weighted by Crippen LogP contribution is 2.13. The van der Waals surface area contributed by atoms with E-state index in [1.807, 2.05) is 6.92 Å². The van der Waals surface area contributed by atoms with Crippen LogP contribution in [-0.4, -0.2) is 24.6 Å². The van der Waals surface area contributed by atoms with Crippen molar-refractivity contribution >= 4 is 5.82 Å². The minimum absolute atomic E-state index is 0.747. The van der Waals surface area contributed by atoms with Crippen LogP contribution in [0.2, 0.25) is 0 Å². The molecule has 1 aromatic rings. The zero-order chi connectivity index (χ0) is 11.4. The van der Waals surface area contributed by atoms with Crippen molar-refractivity contribution in [2.75, 3.05) is 25.0 Å². The first kappa shape index (κ1) is 11.4. The zero-order valence-electron chi connectivity index (χ0n) is 10.2. The smallest absolute Gasteiger partial charge is 0.126 e. The van der Waals surface area contributed by atoms with Gasteiger partial charge >= 0.3 is 0 Å². The maximum Gasteiger partial charge on any atom is 0.126 e. The molecule has 2 heterocycles. The van der Waals surface area contributed by atoms with Crippen molar-refractivity contribution in [3.05, 3.63) is 23.4 Å². The number of rotatable bonds is 3. The Bertz CT molecular complexity index is 323. The fraction of sp³-hybridized carbons (Fsp3) is 0.615. The largest absolute Gasteiger partial charge is 0.370 e. The number of hydrogen-bond donors (Lipinski definition) is 2. The van der Waals surface area contributed by atoms with Crippen LogP contribution >= 0.6 is 0 Å². The lowest BCUT2D eigenvalue weighted by Crippen LogP contribution is -2.33. The van der Waals surface area contributed by atoms with Gasteiger partial charge in [-0.3, -0.25) is 0 Å². The summed E-state index contributed by atoms with van der Waals surface area (Å²) in [7, 11) is 0. The van der Waals surface area contributed by atoms with Gasteiger partial charge in [-0.1, -0.05) is 0 Å². The normalized spacial score (nSPS) is 20.8. The molecule has 0 bridgehead atoms. The predicted molar refractivity (Wildman–Crippen MR) is 67.8 cm³/mol. The van der Waals surface area contributed by atoms with Crippen LogP contribution in [0.3, 0.4) is 0 Å². The van der Waals surface area contributed by atoms with Gasteiger partial charge in [-0.05, 0) is 63.4 Å². The molecule has 1 saturated heterocycles. The molecule has 0 saturated carbocycles. The molecule has 0 spiro atoms. The van der Waals surface area contributed by atoms with Crippen molar-refractivity contribution in [1.29, 1.82) is 0 Å². The third-order valence-electron chi connectivity index (χ3n) is 3.07. The third-order valence-corrected chi connectivity index (χ3v) is 3.07. The highest BCUT2D eigenvalue weighted by molar-refractivity contribution is 5.39. The van der Waals surface area contributed by atoms with E-state index >= 15 is 0 Å². The minimum Gasteiger partial charge on any atom is -0.370 e. The average Bonchev–Trinajstić information content (AvgIpc) is 2.27. The van der Waals surface area contributed by atoms with Gasteiger partial charge in [0.2, 0.25) is 0 Å². The molecule has 3 nitrogen and oxygen atoms in total. The van der Waals surface area contributed by atoms with Crippen LogP contribution < -0.4 is 10.6 Å². The molecular weight excluding hydrogens is 198 g/mol. The lowest BCUT2D eigenvalue weighted by atomic mass is 10.00. The van der Waals surface area contributed by atoms with E-state index in [2.05, 4.69) is 34.7 Å². The molecule has 0 amide bonds. The molecule has 1 aromatic heterocycles. The highest BCUT2D eigenvalue weighted by Gasteiger charge is 2.12. The first-order valence-electron chi connectivity index (χ1n) is 6.14. The summed E-state index contributed by atoms with van der Waals surface area (Å²) in [5.74, 6) is 1.76. The fourth-order valence-electron chi connectivity index (χ4n) is 2.28. The van der Waals surface area contributed by atoms with Gasteiger partial charge in [0, 0.05) is 12.2 Å². The Morgan fingerprint density at radius 3 is 3.00 bits per heavy atom. The molecule has 1 atom stereocenters. The van der Waals surface area contributed by atoms with Gasteiger partial charge in [0.1, 0.15) is 5.82 Å². The summed E-state index contributed by atoms with van der Waals surface area (Å²) in [5, 5.41) is 6.88. The first-order chi connectivity index (χ1) is 7.74. The number of pyridine rings is 1. The van der Waals surface area contributed by atoms with E-state index in [4.69, 9.17) is 0 Å². The Kier molecular flexibility index (Phi) is 3.78. The van der Waals surface area contributed by atoms with Gasteiger partial charge in [0.05, 0.1) is 0 Å². The molecule has 0 aromatic carbocycles. The molecular formula is C13H21N3. The number of nitrogens with zero attached hydrogens (tertiary/aromatic N) is 1. The maximum atomic E-state index is 4.49. The number of nitrogens with one attached hydrogen (secondary N) is 2. The second-order valence-electron chi connectivity index (χ2n) is 4.76. The van der Waals surface area contributed by atoms with Gasteiger partial charge in [0.25, 0.3) is 0 Å². The van der Waals surface area contributed by atoms with Crippen LogP contribution in [0.1, 0.15) is 24.1 Å². The Morgan fingerprint density at radius 2 is 2.31 bits per heavy atom. The Labute approximate surface area is 97.7 Å². The molecule has 1 aliphatic rings. The molecule has 2 rings (SSSR count). The Hall–Kier alpha value is -1.09. The van der Waals surface area contributed by atoms with Gasteiger partial charge in [0.15, 0.2) is 0 Å². The lowest BCUT2D eigenvalue weighted by molar-refractivity contribution is 0.392. The second kappa shape index (κ2) is 5.30. The van der Waals surface area contributed by atoms with Gasteiger partial charge in [-0.2, -0.15) is 0 Å². The SMILES string of the molecule is Cc1cc(C)nc(NCC2CCCNC2)c1. The number of piperidine rings is 1. The molecule has 2 N–H and O–H groups in total. The Morgan fingerprint density at radius 1 is 1.44 bits per heavy atom. The molecule has 16 heavy (non-hydrogen) atoms. The molecule has 0 radical (unpaired) electrons. The monoisotopic (exact) mass is 219 g/mol. The number of aromatic nitrogens is 1. The summed E-state index contributed by atoms with van der Waals surface area (Å²) < 4.78 is 0. The summed E-state index contributed by atoms with van der Waals surface area (Å²) in [5.41, 5.74) is 2.36. The molecule has 1 fully saturated rings. The third kappa shape index (κ3) is 3.20. The molecule has 0 aliphatic carbocycles. The highest BCUT2D eigenvalue weighted by atomic mass is 15.0. The number of aryl methyl sites for hydroxylation is 2. The molecule has 3 heteroatoms. The van der Waals surface area contributed by atoms with Crippen molar-refractivity contribution in [3.8, 4) is 0 Å². The van der Waals surface area contributed by atoms with Crippen molar-refractivity contribution in [2.45, 2.75) is 26.7 Å². The molecule has 88 valence electrons.